The molecule has 0 aromatic heterocycles. The summed E-state index contributed by atoms with van der Waals surface area (Å²) in [6, 6.07) is 9.51. The molecule has 1 aliphatic carbocycles. The smallest absolute Gasteiger partial charge is 0.0381 e. The standard InChI is InChI=1S/C14H19N/c1-11-14(9-5-2-6-10-14)12-7-3-4-8-13(12)15-11/h3-4,7-8,11,15H,2,5-6,9-10H2,1H3/t11-/m1/s1. The van der Waals surface area contributed by atoms with Crippen LogP contribution in [0.25, 0.3) is 0 Å². The molecule has 1 aliphatic heterocycles. The van der Waals surface area contributed by atoms with E-state index in [1.165, 1.54) is 37.8 Å². The monoisotopic (exact) mass is 201 g/mol. The van der Waals surface area contributed by atoms with Gasteiger partial charge < -0.3 is 5.32 Å². The minimum absolute atomic E-state index is 0.453. The molecule has 1 aromatic rings. The van der Waals surface area contributed by atoms with Crippen LogP contribution in [0.5, 0.6) is 0 Å². The summed E-state index contributed by atoms with van der Waals surface area (Å²) in [6.45, 7) is 2.35. The summed E-state index contributed by atoms with van der Waals surface area (Å²) in [6.07, 6.45) is 6.98. The highest BCUT2D eigenvalue weighted by molar-refractivity contribution is 5.62. The van der Waals surface area contributed by atoms with Gasteiger partial charge >= 0.3 is 0 Å². The summed E-state index contributed by atoms with van der Waals surface area (Å²) < 4.78 is 0. The first-order valence-corrected chi connectivity index (χ1v) is 6.19. The first-order chi connectivity index (χ1) is 7.33. The van der Waals surface area contributed by atoms with Gasteiger partial charge in [-0.15, -0.1) is 0 Å². The molecule has 1 saturated carbocycles. The van der Waals surface area contributed by atoms with Crippen LogP contribution in [0.1, 0.15) is 44.6 Å². The van der Waals surface area contributed by atoms with Crippen LogP contribution >= 0.6 is 0 Å². The van der Waals surface area contributed by atoms with Crippen LogP contribution in [0.3, 0.4) is 0 Å². The highest BCUT2D eigenvalue weighted by atomic mass is 15.0. The van der Waals surface area contributed by atoms with Crippen molar-refractivity contribution in [2.45, 2.75) is 50.5 Å². The highest BCUT2D eigenvalue weighted by Crippen LogP contribution is 2.49. The van der Waals surface area contributed by atoms with Crippen LogP contribution in [0.2, 0.25) is 0 Å². The molecule has 1 heterocycles. The van der Waals surface area contributed by atoms with Crippen molar-refractivity contribution >= 4 is 5.69 Å². The molecule has 0 unspecified atom stereocenters. The van der Waals surface area contributed by atoms with Crippen LogP contribution in [-0.2, 0) is 5.41 Å². The Balaban J connectivity index is 2.07. The van der Waals surface area contributed by atoms with Gasteiger partial charge in [0.1, 0.15) is 0 Å². The zero-order valence-electron chi connectivity index (χ0n) is 9.42. The fourth-order valence-corrected chi connectivity index (χ4v) is 3.53. The van der Waals surface area contributed by atoms with E-state index in [0.717, 1.165) is 0 Å². The summed E-state index contributed by atoms with van der Waals surface area (Å²) in [5.41, 5.74) is 3.42. The van der Waals surface area contributed by atoms with Crippen molar-refractivity contribution in [2.24, 2.45) is 0 Å². The summed E-state index contributed by atoms with van der Waals surface area (Å²) in [5, 5.41) is 3.66. The second-order valence-electron chi connectivity index (χ2n) is 5.13. The normalized spacial score (nSPS) is 27.4. The molecule has 1 spiro atoms. The molecule has 1 fully saturated rings. The van der Waals surface area contributed by atoms with E-state index in [1.807, 2.05) is 0 Å². The van der Waals surface area contributed by atoms with E-state index in [-0.39, 0.29) is 0 Å². The van der Waals surface area contributed by atoms with Gasteiger partial charge in [-0.1, -0.05) is 37.5 Å². The maximum Gasteiger partial charge on any atom is 0.0381 e. The van der Waals surface area contributed by atoms with Crippen molar-refractivity contribution in [1.82, 2.24) is 0 Å². The zero-order valence-corrected chi connectivity index (χ0v) is 9.42. The van der Waals surface area contributed by atoms with Crippen molar-refractivity contribution in [3.63, 3.8) is 0 Å². The quantitative estimate of drug-likeness (QED) is 0.675. The van der Waals surface area contributed by atoms with Crippen molar-refractivity contribution < 1.29 is 0 Å². The lowest BCUT2D eigenvalue weighted by atomic mass is 9.67. The second kappa shape index (κ2) is 3.26. The van der Waals surface area contributed by atoms with Gasteiger partial charge in [0.2, 0.25) is 0 Å². The topological polar surface area (TPSA) is 12.0 Å². The Bertz CT molecular complexity index is 363. The van der Waals surface area contributed by atoms with Crippen molar-refractivity contribution in [3.8, 4) is 0 Å². The average Bonchev–Trinajstić information content (AvgIpc) is 2.55. The number of benzene rings is 1. The van der Waals surface area contributed by atoms with Gasteiger partial charge in [-0.3, -0.25) is 0 Å². The van der Waals surface area contributed by atoms with Crippen molar-refractivity contribution in [1.29, 1.82) is 0 Å². The fourth-order valence-electron chi connectivity index (χ4n) is 3.53. The largest absolute Gasteiger partial charge is 0.381 e. The van der Waals surface area contributed by atoms with Gasteiger partial charge in [-0.05, 0) is 31.4 Å². The molecule has 0 radical (unpaired) electrons. The van der Waals surface area contributed by atoms with E-state index in [9.17, 15) is 0 Å². The van der Waals surface area contributed by atoms with E-state index in [4.69, 9.17) is 0 Å². The Morgan fingerprint density at radius 1 is 1.13 bits per heavy atom. The number of para-hydroxylation sites is 1. The SMILES string of the molecule is C[C@H]1Nc2ccccc2C12CCCCC2. The molecule has 2 aliphatic rings. The molecule has 80 valence electrons. The highest BCUT2D eigenvalue weighted by Gasteiger charge is 2.44. The van der Waals surface area contributed by atoms with Crippen LogP contribution in [0.4, 0.5) is 5.69 Å². The van der Waals surface area contributed by atoms with Gasteiger partial charge in [0.15, 0.2) is 0 Å². The predicted octanol–water partition coefficient (Wildman–Crippen LogP) is 3.70. The van der Waals surface area contributed by atoms with Crippen LogP contribution in [-0.4, -0.2) is 6.04 Å². The van der Waals surface area contributed by atoms with Gasteiger partial charge in [-0.25, -0.2) is 0 Å². The summed E-state index contributed by atoms with van der Waals surface area (Å²) >= 11 is 0. The Morgan fingerprint density at radius 2 is 1.87 bits per heavy atom. The second-order valence-corrected chi connectivity index (χ2v) is 5.13. The van der Waals surface area contributed by atoms with Gasteiger partial charge in [0.05, 0.1) is 0 Å². The first kappa shape index (κ1) is 9.26. The maximum atomic E-state index is 3.66. The predicted molar refractivity (Wildman–Crippen MR) is 64.3 cm³/mol. The number of nitrogens with one attached hydrogen (secondary N) is 1. The summed E-state index contributed by atoms with van der Waals surface area (Å²) in [7, 11) is 0. The molecule has 1 aromatic carbocycles. The van der Waals surface area contributed by atoms with Crippen LogP contribution < -0.4 is 5.32 Å². The molecule has 1 atom stereocenters. The number of hydrogen-bond acceptors (Lipinski definition) is 1. The molecule has 1 N–H and O–H groups in total. The van der Waals surface area contributed by atoms with Crippen LogP contribution in [0.15, 0.2) is 24.3 Å². The molecule has 15 heavy (non-hydrogen) atoms. The average molecular weight is 201 g/mol. The third-order valence-corrected chi connectivity index (χ3v) is 4.41. The Kier molecular flexibility index (Phi) is 2.01. The zero-order chi connectivity index (χ0) is 10.3. The Hall–Kier alpha value is -0.980. The molecule has 1 heteroatoms. The minimum atomic E-state index is 0.453. The Labute approximate surface area is 91.9 Å². The van der Waals surface area contributed by atoms with Crippen LogP contribution in [0, 0.1) is 0 Å². The first-order valence-electron chi connectivity index (χ1n) is 6.19. The van der Waals surface area contributed by atoms with Gasteiger partial charge in [0, 0.05) is 17.1 Å². The number of anilines is 1. The molecule has 0 amide bonds. The molecular formula is C14H19N. The molecule has 0 bridgehead atoms. The van der Waals surface area contributed by atoms with E-state index in [1.54, 1.807) is 5.56 Å². The number of hydrogen-bond donors (Lipinski definition) is 1. The maximum absolute atomic E-state index is 3.66. The lowest BCUT2D eigenvalue weighted by Crippen LogP contribution is -2.38. The summed E-state index contributed by atoms with van der Waals surface area (Å²) in [5.74, 6) is 0. The van der Waals surface area contributed by atoms with E-state index >= 15 is 0 Å². The Morgan fingerprint density at radius 3 is 2.67 bits per heavy atom. The third-order valence-electron chi connectivity index (χ3n) is 4.41. The van der Waals surface area contributed by atoms with Gasteiger partial charge in [-0.2, -0.15) is 0 Å². The summed E-state index contributed by atoms with van der Waals surface area (Å²) in [4.78, 5) is 0. The van der Waals surface area contributed by atoms with Crippen molar-refractivity contribution in [3.05, 3.63) is 29.8 Å². The minimum Gasteiger partial charge on any atom is -0.381 e. The van der Waals surface area contributed by atoms with Gasteiger partial charge in [0.25, 0.3) is 0 Å². The number of fused-ring (bicyclic) bond motifs is 2. The third kappa shape index (κ3) is 1.22. The van der Waals surface area contributed by atoms with E-state index in [0.29, 0.717) is 11.5 Å². The molecular weight excluding hydrogens is 182 g/mol. The van der Waals surface area contributed by atoms with Crippen molar-refractivity contribution in [2.75, 3.05) is 5.32 Å². The fraction of sp³-hybridized carbons (Fsp3) is 0.571. The molecule has 0 saturated heterocycles. The number of rotatable bonds is 0. The molecule has 3 rings (SSSR count). The van der Waals surface area contributed by atoms with E-state index in [2.05, 4.69) is 36.5 Å². The lowest BCUT2D eigenvalue weighted by molar-refractivity contribution is 0.277. The lowest BCUT2D eigenvalue weighted by Gasteiger charge is -2.37. The molecule has 1 nitrogen and oxygen atoms in total. The van der Waals surface area contributed by atoms with E-state index < -0.39 is 0 Å².